The lowest BCUT2D eigenvalue weighted by Crippen LogP contribution is -2.65. The molecule has 0 spiro atoms. The van der Waals surface area contributed by atoms with Gasteiger partial charge in [-0.3, -0.25) is 9.78 Å². The van der Waals surface area contributed by atoms with E-state index in [4.69, 9.17) is 0 Å². The van der Waals surface area contributed by atoms with Gasteiger partial charge in [0.2, 0.25) is 5.91 Å². The van der Waals surface area contributed by atoms with Crippen LogP contribution < -0.4 is 0 Å². The van der Waals surface area contributed by atoms with Crippen molar-refractivity contribution in [3.63, 3.8) is 0 Å². The van der Waals surface area contributed by atoms with Crippen molar-refractivity contribution in [2.45, 2.75) is 36.3 Å². The van der Waals surface area contributed by atoms with Gasteiger partial charge in [-0.05, 0) is 26.0 Å². The summed E-state index contributed by atoms with van der Waals surface area (Å²) in [4.78, 5) is 30.0. The molecule has 2 aromatic heterocycles. The zero-order valence-corrected chi connectivity index (χ0v) is 16.1. The van der Waals surface area contributed by atoms with Gasteiger partial charge in [-0.2, -0.15) is 0 Å². The van der Waals surface area contributed by atoms with E-state index in [9.17, 15) is 19.8 Å². The number of carboxylic acids is 1. The Morgan fingerprint density at radius 2 is 2.04 bits per heavy atom. The van der Waals surface area contributed by atoms with Crippen LogP contribution in [0.3, 0.4) is 0 Å². The average molecular weight is 404 g/mol. The Kier molecular flexibility index (Phi) is 4.28. The summed E-state index contributed by atoms with van der Waals surface area (Å²) in [7, 11) is 0. The fourth-order valence-corrected chi connectivity index (χ4v) is 5.62. The zero-order valence-electron chi connectivity index (χ0n) is 14.5. The van der Waals surface area contributed by atoms with E-state index in [2.05, 4.69) is 15.2 Å². The summed E-state index contributed by atoms with van der Waals surface area (Å²) >= 11 is 2.57. The number of pyridine rings is 1. The number of carbonyl (C=O) groups is 2. The van der Waals surface area contributed by atoms with E-state index in [-0.39, 0.29) is 17.6 Å². The maximum Gasteiger partial charge on any atom is 0.353 e. The van der Waals surface area contributed by atoms with Crippen LogP contribution in [0.25, 0.3) is 10.6 Å². The molecule has 27 heavy (non-hydrogen) atoms. The van der Waals surface area contributed by atoms with E-state index in [1.807, 2.05) is 12.1 Å². The lowest BCUT2D eigenvalue weighted by atomic mass is 9.76. The van der Waals surface area contributed by atoms with Crippen LogP contribution in [-0.2, 0) is 9.59 Å². The number of β-lactam (4-membered cyclic amide) rings is 1. The minimum absolute atomic E-state index is 0.0174. The number of rotatable bonds is 5. The third kappa shape index (κ3) is 3.03. The van der Waals surface area contributed by atoms with Gasteiger partial charge in [-0.1, -0.05) is 23.1 Å². The molecule has 2 aromatic rings. The Bertz CT molecular complexity index is 951. The fraction of sp³-hybridized carbons (Fsp3) is 0.353. The van der Waals surface area contributed by atoms with Gasteiger partial charge in [0.1, 0.15) is 10.7 Å². The van der Waals surface area contributed by atoms with E-state index in [1.165, 1.54) is 28.0 Å². The van der Waals surface area contributed by atoms with Gasteiger partial charge in [0.15, 0.2) is 4.34 Å². The summed E-state index contributed by atoms with van der Waals surface area (Å²) < 4.78 is 0.602. The fourth-order valence-electron chi connectivity index (χ4n) is 3.50. The SMILES string of the molecule is CC(C)(O)[C@@H]1C(=O)N2C(C(=O)O)=C(Sc3nnc(-c4ccncc4)s3)C[C@H]12. The molecule has 4 rings (SSSR count). The molecule has 8 nitrogen and oxygen atoms in total. The van der Waals surface area contributed by atoms with E-state index >= 15 is 0 Å². The minimum Gasteiger partial charge on any atom is -0.477 e. The highest BCUT2D eigenvalue weighted by Crippen LogP contribution is 2.50. The molecule has 1 fully saturated rings. The molecule has 0 aromatic carbocycles. The van der Waals surface area contributed by atoms with E-state index in [0.29, 0.717) is 20.7 Å². The summed E-state index contributed by atoms with van der Waals surface area (Å²) in [6.07, 6.45) is 3.72. The second kappa shape index (κ2) is 6.39. The first-order chi connectivity index (χ1) is 12.8. The van der Waals surface area contributed by atoms with Gasteiger partial charge in [0.05, 0.1) is 17.6 Å². The second-order valence-electron chi connectivity index (χ2n) is 6.90. The van der Waals surface area contributed by atoms with Gasteiger partial charge in [-0.25, -0.2) is 4.79 Å². The van der Waals surface area contributed by atoms with Crippen LogP contribution in [-0.4, -0.2) is 53.8 Å². The Hall–Kier alpha value is -2.30. The maximum atomic E-state index is 12.4. The number of aliphatic hydroxyl groups is 1. The van der Waals surface area contributed by atoms with Crippen molar-refractivity contribution in [3.05, 3.63) is 35.1 Å². The number of fused-ring (bicyclic) bond motifs is 1. The van der Waals surface area contributed by atoms with Gasteiger partial charge >= 0.3 is 5.97 Å². The van der Waals surface area contributed by atoms with E-state index in [0.717, 1.165) is 5.56 Å². The molecule has 0 radical (unpaired) electrons. The molecule has 140 valence electrons. The molecule has 0 aliphatic carbocycles. The highest BCUT2D eigenvalue weighted by molar-refractivity contribution is 8.04. The first-order valence-electron chi connectivity index (χ1n) is 8.21. The molecule has 1 amide bonds. The summed E-state index contributed by atoms with van der Waals surface area (Å²) in [6.45, 7) is 3.15. The number of aromatic nitrogens is 3. The van der Waals surface area contributed by atoms with Crippen LogP contribution in [0.15, 0.2) is 39.5 Å². The van der Waals surface area contributed by atoms with Gasteiger partial charge in [0.25, 0.3) is 0 Å². The first kappa shape index (κ1) is 18.1. The van der Waals surface area contributed by atoms with Crippen LogP contribution in [0.4, 0.5) is 0 Å². The molecule has 2 N–H and O–H groups in total. The van der Waals surface area contributed by atoms with E-state index in [1.54, 1.807) is 26.2 Å². The summed E-state index contributed by atoms with van der Waals surface area (Å²) in [5.41, 5.74) is -0.329. The lowest BCUT2D eigenvalue weighted by Gasteiger charge is -2.48. The highest BCUT2D eigenvalue weighted by atomic mass is 32.2. The third-order valence-corrected chi connectivity index (χ3v) is 6.76. The summed E-state index contributed by atoms with van der Waals surface area (Å²) in [5.74, 6) is -2.11. The highest BCUT2D eigenvalue weighted by Gasteiger charge is 2.59. The lowest BCUT2D eigenvalue weighted by molar-refractivity contribution is -0.169. The molecular weight excluding hydrogens is 388 g/mol. The van der Waals surface area contributed by atoms with Crippen LogP contribution in [0.5, 0.6) is 0 Å². The molecule has 2 aliphatic rings. The molecule has 0 saturated carbocycles. The predicted molar refractivity (Wildman–Crippen MR) is 98.7 cm³/mol. The standard InChI is InChI=1S/C17H16N4O4S2/c1-17(2,25)11-9-7-10(12(15(23)24)21(9)14(11)22)26-16-20-19-13(27-16)8-3-5-18-6-4-8/h3-6,9,11,25H,7H2,1-2H3,(H,23,24)/t9-,11+/m1/s1. The zero-order chi connectivity index (χ0) is 19.3. The van der Waals surface area contributed by atoms with Crippen molar-refractivity contribution >= 4 is 35.0 Å². The third-order valence-electron chi connectivity index (χ3n) is 4.63. The van der Waals surface area contributed by atoms with Crippen molar-refractivity contribution in [1.82, 2.24) is 20.1 Å². The summed E-state index contributed by atoms with van der Waals surface area (Å²) in [6, 6.07) is 3.31. The van der Waals surface area contributed by atoms with Crippen LogP contribution in [0.1, 0.15) is 20.3 Å². The Morgan fingerprint density at radius 1 is 1.33 bits per heavy atom. The molecular formula is C17H16N4O4S2. The molecule has 1 saturated heterocycles. The number of hydrogen-bond acceptors (Lipinski definition) is 8. The molecule has 0 bridgehead atoms. The summed E-state index contributed by atoms with van der Waals surface area (Å²) in [5, 5.41) is 28.8. The first-order valence-corrected chi connectivity index (χ1v) is 9.84. The van der Waals surface area contributed by atoms with Crippen molar-refractivity contribution in [2.75, 3.05) is 0 Å². The molecule has 0 unspecified atom stereocenters. The predicted octanol–water partition coefficient (Wildman–Crippen LogP) is 1.99. The maximum absolute atomic E-state index is 12.4. The average Bonchev–Trinajstić information content (AvgIpc) is 3.17. The number of amides is 1. The number of carbonyl (C=O) groups excluding carboxylic acids is 1. The van der Waals surface area contributed by atoms with Gasteiger partial charge < -0.3 is 15.1 Å². The normalized spacial score (nSPS) is 22.0. The van der Waals surface area contributed by atoms with Crippen molar-refractivity contribution in [1.29, 1.82) is 0 Å². The monoisotopic (exact) mass is 404 g/mol. The number of aliphatic carboxylic acids is 1. The number of carboxylic acid groups (broad SMARTS) is 1. The van der Waals surface area contributed by atoms with Crippen LogP contribution in [0.2, 0.25) is 0 Å². The topological polar surface area (TPSA) is 117 Å². The smallest absolute Gasteiger partial charge is 0.353 e. The van der Waals surface area contributed by atoms with Gasteiger partial charge in [-0.15, -0.1) is 10.2 Å². The van der Waals surface area contributed by atoms with Gasteiger partial charge in [0, 0.05) is 29.3 Å². The van der Waals surface area contributed by atoms with E-state index < -0.39 is 17.5 Å². The van der Waals surface area contributed by atoms with Crippen molar-refractivity contribution < 1.29 is 19.8 Å². The Labute approximate surface area is 162 Å². The van der Waals surface area contributed by atoms with Crippen molar-refractivity contribution in [2.24, 2.45) is 5.92 Å². The molecule has 4 heterocycles. The van der Waals surface area contributed by atoms with Crippen LogP contribution in [0, 0.1) is 5.92 Å². The minimum atomic E-state index is -1.20. The molecule has 2 aliphatic heterocycles. The largest absolute Gasteiger partial charge is 0.477 e. The second-order valence-corrected chi connectivity index (χ2v) is 9.22. The Morgan fingerprint density at radius 3 is 2.67 bits per heavy atom. The number of nitrogens with zero attached hydrogens (tertiary/aromatic N) is 4. The number of thioether (sulfide) groups is 1. The quantitative estimate of drug-likeness (QED) is 0.727. The Balaban J connectivity index is 1.60. The molecule has 2 atom stereocenters. The van der Waals surface area contributed by atoms with Crippen molar-refractivity contribution in [3.8, 4) is 10.6 Å². The number of hydrogen-bond donors (Lipinski definition) is 2. The van der Waals surface area contributed by atoms with Crippen LogP contribution >= 0.6 is 23.1 Å². The molecule has 10 heteroatoms.